The molecule has 0 spiro atoms. The van der Waals surface area contributed by atoms with Crippen LogP contribution in [0.1, 0.15) is 89.4 Å². The summed E-state index contributed by atoms with van der Waals surface area (Å²) >= 11 is 1.41. The quantitative estimate of drug-likeness (QED) is 0.740. The van der Waals surface area contributed by atoms with Gasteiger partial charge in [0.25, 0.3) is 5.22 Å². The molecule has 0 saturated heterocycles. The maximum absolute atomic E-state index is 12.9. The third-order valence-electron chi connectivity index (χ3n) is 7.45. The summed E-state index contributed by atoms with van der Waals surface area (Å²) in [4.78, 5) is 12.9. The molecule has 0 radical (unpaired) electrons. The molecule has 148 valence electrons. The Bertz CT molecular complexity index is 662. The number of rotatable bonds is 5. The van der Waals surface area contributed by atoms with Crippen LogP contribution in [0.3, 0.4) is 0 Å². The largest absolute Gasteiger partial charge is 0.416 e. The summed E-state index contributed by atoms with van der Waals surface area (Å²) < 4.78 is 5.90. The van der Waals surface area contributed by atoms with Crippen molar-refractivity contribution in [1.82, 2.24) is 15.5 Å². The lowest BCUT2D eigenvalue weighted by Crippen LogP contribution is -2.60. The molecule has 4 bridgehead atoms. The molecular weight excluding hydrogens is 358 g/mol. The summed E-state index contributed by atoms with van der Waals surface area (Å²) in [5.41, 5.74) is 0.0722. The van der Waals surface area contributed by atoms with Gasteiger partial charge in [-0.1, -0.05) is 31.0 Å². The van der Waals surface area contributed by atoms with Gasteiger partial charge in [-0.3, -0.25) is 4.79 Å². The zero-order chi connectivity index (χ0) is 18.4. The highest BCUT2D eigenvalue weighted by atomic mass is 32.2. The number of thioether (sulfide) groups is 1. The molecule has 5 fully saturated rings. The van der Waals surface area contributed by atoms with E-state index in [2.05, 4.69) is 15.5 Å². The van der Waals surface area contributed by atoms with Crippen molar-refractivity contribution in [2.75, 3.05) is 0 Å². The highest BCUT2D eigenvalue weighted by Gasteiger charge is 2.51. The van der Waals surface area contributed by atoms with Crippen molar-refractivity contribution in [3.63, 3.8) is 0 Å². The van der Waals surface area contributed by atoms with Crippen molar-refractivity contribution in [3.05, 3.63) is 5.89 Å². The van der Waals surface area contributed by atoms with Gasteiger partial charge >= 0.3 is 0 Å². The third kappa shape index (κ3) is 3.66. The average molecular weight is 390 g/mol. The number of amides is 1. The van der Waals surface area contributed by atoms with Gasteiger partial charge in [0.1, 0.15) is 0 Å². The van der Waals surface area contributed by atoms with E-state index in [0.717, 1.165) is 36.5 Å². The van der Waals surface area contributed by atoms with Crippen LogP contribution in [0.25, 0.3) is 0 Å². The molecule has 1 N–H and O–H groups in total. The lowest BCUT2D eigenvalue weighted by Gasteiger charge is -2.57. The van der Waals surface area contributed by atoms with Crippen molar-refractivity contribution in [3.8, 4) is 0 Å². The van der Waals surface area contributed by atoms with Gasteiger partial charge in [-0.2, -0.15) is 0 Å². The molecule has 6 heteroatoms. The Morgan fingerprint density at radius 2 is 1.70 bits per heavy atom. The number of nitrogens with one attached hydrogen (secondary N) is 1. The minimum atomic E-state index is -0.197. The Morgan fingerprint density at radius 1 is 1.07 bits per heavy atom. The molecule has 0 aromatic carbocycles. The fourth-order valence-electron chi connectivity index (χ4n) is 6.61. The molecular formula is C21H31N3O2S. The van der Waals surface area contributed by atoms with Crippen LogP contribution < -0.4 is 5.32 Å². The maximum atomic E-state index is 12.9. The fourth-order valence-corrected chi connectivity index (χ4v) is 7.30. The Labute approximate surface area is 165 Å². The van der Waals surface area contributed by atoms with Crippen LogP contribution in [0.2, 0.25) is 0 Å². The van der Waals surface area contributed by atoms with E-state index in [4.69, 9.17) is 4.42 Å². The van der Waals surface area contributed by atoms with Crippen LogP contribution in [0.4, 0.5) is 0 Å². The zero-order valence-corrected chi connectivity index (χ0v) is 17.1. The lowest BCUT2D eigenvalue weighted by atomic mass is 9.53. The van der Waals surface area contributed by atoms with Crippen LogP contribution in [0.15, 0.2) is 9.64 Å². The summed E-state index contributed by atoms with van der Waals surface area (Å²) in [5, 5.41) is 12.3. The van der Waals surface area contributed by atoms with E-state index in [0.29, 0.717) is 11.1 Å². The molecule has 1 amide bonds. The number of hydrogen-bond acceptors (Lipinski definition) is 5. The molecule has 1 aromatic rings. The first kappa shape index (κ1) is 18.0. The van der Waals surface area contributed by atoms with Crippen LogP contribution in [-0.4, -0.2) is 26.9 Å². The highest BCUT2D eigenvalue weighted by molar-refractivity contribution is 8.00. The van der Waals surface area contributed by atoms with Gasteiger partial charge in [0.2, 0.25) is 11.8 Å². The Kier molecular flexibility index (Phi) is 4.73. The lowest BCUT2D eigenvalue weighted by molar-refractivity contribution is -0.126. The van der Waals surface area contributed by atoms with Crippen molar-refractivity contribution in [2.45, 2.75) is 99.5 Å². The predicted molar refractivity (Wildman–Crippen MR) is 104 cm³/mol. The average Bonchev–Trinajstić information content (AvgIpc) is 3.09. The minimum Gasteiger partial charge on any atom is -0.416 e. The van der Waals surface area contributed by atoms with Crippen molar-refractivity contribution < 1.29 is 9.21 Å². The van der Waals surface area contributed by atoms with Crippen LogP contribution in [-0.2, 0) is 4.79 Å². The molecule has 1 atom stereocenters. The van der Waals surface area contributed by atoms with E-state index in [1.807, 2.05) is 6.92 Å². The molecule has 5 saturated carbocycles. The number of carbonyl (C=O) groups excluding carboxylic acids is 1. The number of aromatic nitrogens is 2. The summed E-state index contributed by atoms with van der Waals surface area (Å²) in [6.07, 6.45) is 13.9. The van der Waals surface area contributed by atoms with Gasteiger partial charge in [-0.15, -0.1) is 10.2 Å². The van der Waals surface area contributed by atoms with Gasteiger partial charge in [0, 0.05) is 11.5 Å². The molecule has 0 unspecified atom stereocenters. The molecule has 5 aliphatic rings. The van der Waals surface area contributed by atoms with Gasteiger partial charge in [-0.25, -0.2) is 0 Å². The van der Waals surface area contributed by atoms with Gasteiger partial charge in [0.05, 0.1) is 5.25 Å². The van der Waals surface area contributed by atoms with Gasteiger partial charge in [-0.05, 0) is 76.0 Å². The van der Waals surface area contributed by atoms with E-state index in [-0.39, 0.29) is 16.7 Å². The summed E-state index contributed by atoms with van der Waals surface area (Å²) in [6.45, 7) is 1.96. The first-order valence-electron chi connectivity index (χ1n) is 10.9. The van der Waals surface area contributed by atoms with E-state index < -0.39 is 0 Å². The first-order valence-corrected chi connectivity index (χ1v) is 11.8. The minimum absolute atomic E-state index is 0.0722. The Hall–Kier alpha value is -1.04. The van der Waals surface area contributed by atoms with Crippen LogP contribution >= 0.6 is 11.8 Å². The van der Waals surface area contributed by atoms with Crippen molar-refractivity contribution in [1.29, 1.82) is 0 Å². The SMILES string of the molecule is C[C@H](Sc1nnc(C2CCCCC2)o1)C(=O)NC12CC3CC(CC(C3)C1)C2. The molecule has 0 aliphatic heterocycles. The van der Waals surface area contributed by atoms with Crippen molar-refractivity contribution >= 4 is 17.7 Å². The third-order valence-corrected chi connectivity index (χ3v) is 8.38. The normalized spacial score (nSPS) is 36.7. The number of hydrogen-bond donors (Lipinski definition) is 1. The predicted octanol–water partition coefficient (Wildman–Crippen LogP) is 4.68. The smallest absolute Gasteiger partial charge is 0.277 e. The molecule has 27 heavy (non-hydrogen) atoms. The highest BCUT2D eigenvalue weighted by Crippen LogP contribution is 2.55. The Morgan fingerprint density at radius 3 is 2.33 bits per heavy atom. The second-order valence-corrected chi connectivity index (χ2v) is 11.0. The zero-order valence-electron chi connectivity index (χ0n) is 16.3. The van der Waals surface area contributed by atoms with Crippen molar-refractivity contribution in [2.24, 2.45) is 17.8 Å². The number of carbonyl (C=O) groups is 1. The van der Waals surface area contributed by atoms with E-state index in [9.17, 15) is 4.79 Å². The monoisotopic (exact) mass is 389 g/mol. The molecule has 5 aliphatic carbocycles. The summed E-state index contributed by atoms with van der Waals surface area (Å²) in [5.74, 6) is 3.84. The molecule has 1 heterocycles. The van der Waals surface area contributed by atoms with E-state index in [1.54, 1.807) is 0 Å². The standard InChI is InChI=1S/C21H31N3O2S/c1-13(27-20-24-23-19(26-20)17-5-3-2-4-6-17)18(25)22-21-10-14-7-15(11-21)9-16(8-14)12-21/h13-17H,2-12H2,1H3,(H,22,25)/t13-,14?,15?,16?,21?/m0/s1. The summed E-state index contributed by atoms with van der Waals surface area (Å²) in [6, 6.07) is 0. The fraction of sp³-hybridized carbons (Fsp3) is 0.857. The molecule has 1 aromatic heterocycles. The second-order valence-electron chi connectivity index (χ2n) is 9.69. The number of nitrogens with zero attached hydrogens (tertiary/aromatic N) is 2. The van der Waals surface area contributed by atoms with Gasteiger partial charge < -0.3 is 9.73 Å². The maximum Gasteiger partial charge on any atom is 0.277 e. The van der Waals surface area contributed by atoms with Crippen LogP contribution in [0.5, 0.6) is 0 Å². The Balaban J connectivity index is 1.19. The molecule has 6 rings (SSSR count). The summed E-state index contributed by atoms with van der Waals surface area (Å²) in [7, 11) is 0. The second kappa shape index (κ2) is 7.09. The van der Waals surface area contributed by atoms with Crippen LogP contribution in [0, 0.1) is 17.8 Å². The topological polar surface area (TPSA) is 68.0 Å². The van der Waals surface area contributed by atoms with Gasteiger partial charge in [0.15, 0.2) is 0 Å². The first-order chi connectivity index (χ1) is 13.1. The molecule has 5 nitrogen and oxygen atoms in total. The van der Waals surface area contributed by atoms with E-state index in [1.165, 1.54) is 69.5 Å². The van der Waals surface area contributed by atoms with E-state index >= 15 is 0 Å².